The first-order chi connectivity index (χ1) is 12.8. The Morgan fingerprint density at radius 3 is 2.63 bits per heavy atom. The number of carbonyl (C=O) groups excluding carboxylic acids is 1. The summed E-state index contributed by atoms with van der Waals surface area (Å²) in [6.45, 7) is 1.79. The van der Waals surface area contributed by atoms with Crippen molar-refractivity contribution in [1.29, 1.82) is 0 Å². The Kier molecular flexibility index (Phi) is 5.38. The Morgan fingerprint density at radius 2 is 1.93 bits per heavy atom. The van der Waals surface area contributed by atoms with E-state index in [1.54, 1.807) is 36.1 Å². The molecule has 1 amide bonds. The van der Waals surface area contributed by atoms with Gasteiger partial charge >= 0.3 is 0 Å². The number of amides is 1. The number of rotatable bonds is 6. The van der Waals surface area contributed by atoms with E-state index in [9.17, 15) is 13.2 Å². The first-order valence-electron chi connectivity index (χ1n) is 8.34. The minimum atomic E-state index is -3.78. The summed E-state index contributed by atoms with van der Waals surface area (Å²) < 4.78 is 24.7. The summed E-state index contributed by atoms with van der Waals surface area (Å²) in [6, 6.07) is 15.5. The summed E-state index contributed by atoms with van der Waals surface area (Å²) in [5.41, 5.74) is 2.36. The monoisotopic (exact) mass is 384 g/mol. The van der Waals surface area contributed by atoms with Crippen LogP contribution in [0.4, 0.5) is 0 Å². The second kappa shape index (κ2) is 7.73. The minimum absolute atomic E-state index is 0.0187. The highest BCUT2D eigenvalue weighted by Crippen LogP contribution is 2.17. The van der Waals surface area contributed by atoms with Gasteiger partial charge in [-0.1, -0.05) is 30.3 Å². The van der Waals surface area contributed by atoms with Gasteiger partial charge in [-0.15, -0.1) is 0 Å². The fourth-order valence-electron chi connectivity index (χ4n) is 2.70. The number of aromatic nitrogens is 2. The van der Waals surface area contributed by atoms with Crippen molar-refractivity contribution in [2.24, 2.45) is 5.14 Å². The molecule has 0 spiro atoms. The van der Waals surface area contributed by atoms with Crippen molar-refractivity contribution in [3.63, 3.8) is 0 Å². The van der Waals surface area contributed by atoms with Gasteiger partial charge in [0.1, 0.15) is 0 Å². The molecule has 0 fully saturated rings. The van der Waals surface area contributed by atoms with Crippen LogP contribution in [0.15, 0.2) is 71.9 Å². The first-order valence-corrected chi connectivity index (χ1v) is 9.88. The molecule has 2 aromatic carbocycles. The molecule has 0 unspecified atom stereocenters. The van der Waals surface area contributed by atoms with Crippen LogP contribution in [0.25, 0.3) is 5.69 Å². The summed E-state index contributed by atoms with van der Waals surface area (Å²) in [5, 5.41) is 12.3. The van der Waals surface area contributed by atoms with E-state index in [4.69, 9.17) is 5.14 Å². The van der Waals surface area contributed by atoms with E-state index in [1.165, 1.54) is 12.1 Å². The third-order valence-electron chi connectivity index (χ3n) is 4.09. The molecule has 0 saturated carbocycles. The molecule has 140 valence electrons. The smallest absolute Gasteiger partial charge is 0.238 e. The van der Waals surface area contributed by atoms with Crippen molar-refractivity contribution in [3.8, 4) is 5.69 Å². The van der Waals surface area contributed by atoms with Crippen LogP contribution in [-0.4, -0.2) is 24.1 Å². The van der Waals surface area contributed by atoms with Crippen LogP contribution in [0.1, 0.15) is 24.1 Å². The van der Waals surface area contributed by atoms with Crippen molar-refractivity contribution >= 4 is 15.9 Å². The predicted molar refractivity (Wildman–Crippen MR) is 102 cm³/mol. The van der Waals surface area contributed by atoms with Crippen molar-refractivity contribution in [3.05, 3.63) is 78.1 Å². The highest BCUT2D eigenvalue weighted by atomic mass is 32.2. The summed E-state index contributed by atoms with van der Waals surface area (Å²) in [7, 11) is -3.78. The quantitative estimate of drug-likeness (QED) is 0.677. The zero-order valence-electron chi connectivity index (χ0n) is 14.7. The van der Waals surface area contributed by atoms with Gasteiger partial charge in [0, 0.05) is 6.20 Å². The third-order valence-corrected chi connectivity index (χ3v) is 5.00. The molecule has 3 N–H and O–H groups in total. The third kappa shape index (κ3) is 4.81. The van der Waals surface area contributed by atoms with Crippen molar-refractivity contribution < 1.29 is 13.2 Å². The van der Waals surface area contributed by atoms with E-state index in [0.717, 1.165) is 11.3 Å². The number of nitrogens with one attached hydrogen (secondary N) is 1. The molecule has 1 aromatic heterocycles. The summed E-state index contributed by atoms with van der Waals surface area (Å²) in [6.07, 6.45) is 3.63. The normalized spacial score (nSPS) is 12.5. The van der Waals surface area contributed by atoms with Crippen LogP contribution in [0, 0.1) is 0 Å². The van der Waals surface area contributed by atoms with Gasteiger partial charge in [-0.25, -0.2) is 18.2 Å². The highest BCUT2D eigenvalue weighted by molar-refractivity contribution is 7.89. The standard InChI is InChI=1S/C19H20N4O3S/c1-14(16-6-5-9-18(11-16)27(20,25)26)22-19(24)10-15-12-21-23(13-15)17-7-3-2-4-8-17/h2-9,11-14H,10H2,1H3,(H,22,24)(H2,20,25,26)/t14-/m1/s1. The molecule has 3 aromatic rings. The Hall–Kier alpha value is -2.97. The van der Waals surface area contributed by atoms with Gasteiger partial charge in [-0.2, -0.15) is 5.10 Å². The van der Waals surface area contributed by atoms with Gasteiger partial charge in [0.05, 0.1) is 29.2 Å². The Bertz CT molecular complexity index is 1050. The van der Waals surface area contributed by atoms with Crippen LogP contribution in [0.3, 0.4) is 0 Å². The Labute approximate surface area is 157 Å². The number of carbonyl (C=O) groups is 1. The molecule has 0 aliphatic heterocycles. The maximum atomic E-state index is 12.3. The number of sulfonamides is 1. The Morgan fingerprint density at radius 1 is 1.19 bits per heavy atom. The van der Waals surface area contributed by atoms with E-state index < -0.39 is 10.0 Å². The Balaban J connectivity index is 1.65. The molecule has 1 heterocycles. The second-order valence-electron chi connectivity index (χ2n) is 6.21. The number of hydrogen-bond acceptors (Lipinski definition) is 4. The van der Waals surface area contributed by atoms with Gasteiger partial charge in [0.25, 0.3) is 0 Å². The summed E-state index contributed by atoms with van der Waals surface area (Å²) in [5.74, 6) is -0.184. The molecule has 7 nitrogen and oxygen atoms in total. The van der Waals surface area contributed by atoms with Crippen LogP contribution < -0.4 is 10.5 Å². The highest BCUT2D eigenvalue weighted by Gasteiger charge is 2.14. The zero-order chi connectivity index (χ0) is 19.4. The van der Waals surface area contributed by atoms with E-state index in [-0.39, 0.29) is 23.3 Å². The molecule has 8 heteroatoms. The van der Waals surface area contributed by atoms with Crippen molar-refractivity contribution in [1.82, 2.24) is 15.1 Å². The van der Waals surface area contributed by atoms with E-state index in [0.29, 0.717) is 5.56 Å². The lowest BCUT2D eigenvalue weighted by atomic mass is 10.1. The lowest BCUT2D eigenvalue weighted by Crippen LogP contribution is -2.28. The summed E-state index contributed by atoms with van der Waals surface area (Å²) in [4.78, 5) is 12.4. The van der Waals surface area contributed by atoms with Gasteiger partial charge in [0.2, 0.25) is 15.9 Å². The minimum Gasteiger partial charge on any atom is -0.349 e. The summed E-state index contributed by atoms with van der Waals surface area (Å²) >= 11 is 0. The maximum Gasteiger partial charge on any atom is 0.238 e. The maximum absolute atomic E-state index is 12.3. The van der Waals surface area contributed by atoms with Crippen LogP contribution in [-0.2, 0) is 21.2 Å². The average Bonchev–Trinajstić information content (AvgIpc) is 3.10. The molecule has 0 aliphatic carbocycles. The molecular weight excluding hydrogens is 364 g/mol. The first kappa shape index (κ1) is 18.8. The topological polar surface area (TPSA) is 107 Å². The zero-order valence-corrected chi connectivity index (χ0v) is 15.6. The van der Waals surface area contributed by atoms with E-state index in [1.807, 2.05) is 30.3 Å². The van der Waals surface area contributed by atoms with Gasteiger partial charge in [-0.05, 0) is 42.3 Å². The number of nitrogens with zero attached hydrogens (tertiary/aromatic N) is 2. The van der Waals surface area contributed by atoms with Crippen LogP contribution >= 0.6 is 0 Å². The number of primary sulfonamides is 1. The van der Waals surface area contributed by atoms with Gasteiger partial charge < -0.3 is 5.32 Å². The SMILES string of the molecule is C[C@@H](NC(=O)Cc1cnn(-c2ccccc2)c1)c1cccc(S(N)(=O)=O)c1. The average molecular weight is 384 g/mol. The predicted octanol–water partition coefficient (Wildman–Crippen LogP) is 1.94. The van der Waals surface area contributed by atoms with Crippen LogP contribution in [0.2, 0.25) is 0 Å². The van der Waals surface area contributed by atoms with Crippen molar-refractivity contribution in [2.45, 2.75) is 24.3 Å². The second-order valence-corrected chi connectivity index (χ2v) is 7.77. The molecule has 3 rings (SSSR count). The number of benzene rings is 2. The number of para-hydroxylation sites is 1. The molecule has 0 saturated heterocycles. The number of hydrogen-bond donors (Lipinski definition) is 2. The lowest BCUT2D eigenvalue weighted by Gasteiger charge is -2.15. The van der Waals surface area contributed by atoms with E-state index in [2.05, 4.69) is 10.4 Å². The van der Waals surface area contributed by atoms with E-state index >= 15 is 0 Å². The van der Waals surface area contributed by atoms with Crippen molar-refractivity contribution in [2.75, 3.05) is 0 Å². The molecular formula is C19H20N4O3S. The fraction of sp³-hybridized carbons (Fsp3) is 0.158. The fourth-order valence-corrected chi connectivity index (χ4v) is 3.26. The molecule has 0 radical (unpaired) electrons. The van der Waals surface area contributed by atoms with Crippen LogP contribution in [0.5, 0.6) is 0 Å². The molecule has 0 bridgehead atoms. The number of nitrogens with two attached hydrogens (primary N) is 1. The lowest BCUT2D eigenvalue weighted by molar-refractivity contribution is -0.121. The van der Waals surface area contributed by atoms with Gasteiger partial charge in [0.15, 0.2) is 0 Å². The molecule has 27 heavy (non-hydrogen) atoms. The molecule has 0 aliphatic rings. The van der Waals surface area contributed by atoms with Gasteiger partial charge in [-0.3, -0.25) is 4.79 Å². The largest absolute Gasteiger partial charge is 0.349 e. The molecule has 1 atom stereocenters.